The molecule has 2 atom stereocenters. The summed E-state index contributed by atoms with van der Waals surface area (Å²) in [6, 6.07) is 20.7. The predicted octanol–water partition coefficient (Wildman–Crippen LogP) is 4.00. The summed E-state index contributed by atoms with van der Waals surface area (Å²) in [5.41, 5.74) is 5.67. The molecule has 0 saturated carbocycles. The fourth-order valence-electron chi connectivity index (χ4n) is 3.48. The summed E-state index contributed by atoms with van der Waals surface area (Å²) >= 11 is 0. The highest BCUT2D eigenvalue weighted by atomic mass is 16.3. The second-order valence-corrected chi connectivity index (χ2v) is 8.17. The van der Waals surface area contributed by atoms with E-state index in [4.69, 9.17) is 5.11 Å². The van der Waals surface area contributed by atoms with Gasteiger partial charge < -0.3 is 21.1 Å². The number of aliphatic hydroxyl groups excluding tert-OH is 1. The Labute approximate surface area is 190 Å². The van der Waals surface area contributed by atoms with Gasteiger partial charge in [0.15, 0.2) is 0 Å². The van der Waals surface area contributed by atoms with Crippen LogP contribution in [0.15, 0.2) is 66.9 Å². The van der Waals surface area contributed by atoms with Gasteiger partial charge in [-0.15, -0.1) is 0 Å². The van der Waals surface area contributed by atoms with Crippen molar-refractivity contribution in [3.05, 3.63) is 89.1 Å². The van der Waals surface area contributed by atoms with Crippen LogP contribution < -0.4 is 16.0 Å². The second-order valence-electron chi connectivity index (χ2n) is 8.17. The Morgan fingerprint density at radius 3 is 2.28 bits per heavy atom. The molecule has 0 saturated heterocycles. The Morgan fingerprint density at radius 2 is 1.62 bits per heavy atom. The molecule has 3 rings (SSSR count). The number of benzene rings is 2. The van der Waals surface area contributed by atoms with Crippen molar-refractivity contribution in [3.8, 4) is 0 Å². The van der Waals surface area contributed by atoms with E-state index in [1.54, 1.807) is 6.20 Å². The fourth-order valence-corrected chi connectivity index (χ4v) is 3.48. The van der Waals surface area contributed by atoms with Crippen LogP contribution in [0, 0.1) is 13.8 Å². The van der Waals surface area contributed by atoms with E-state index in [9.17, 15) is 4.79 Å². The minimum absolute atomic E-state index is 0.0988. The molecule has 0 bridgehead atoms. The Hall–Kier alpha value is -3.38. The molecule has 1 heterocycles. The van der Waals surface area contributed by atoms with Gasteiger partial charge in [0.05, 0.1) is 5.69 Å². The maximum absolute atomic E-state index is 11.6. The molecule has 6 nitrogen and oxygen atoms in total. The van der Waals surface area contributed by atoms with Crippen molar-refractivity contribution in [2.75, 3.05) is 23.8 Å². The number of nitrogens with one attached hydrogen (secondary N) is 3. The molecule has 0 fully saturated rings. The number of nitrogens with zero attached hydrogens (tertiary/aromatic N) is 1. The molecule has 1 amide bonds. The summed E-state index contributed by atoms with van der Waals surface area (Å²) in [6.45, 7) is 6.10. The first kappa shape index (κ1) is 23.3. The second kappa shape index (κ2) is 11.3. The topological polar surface area (TPSA) is 86.3 Å². The lowest BCUT2D eigenvalue weighted by Crippen LogP contribution is -2.39. The number of rotatable bonds is 10. The zero-order valence-corrected chi connectivity index (χ0v) is 18.9. The molecule has 168 valence electrons. The van der Waals surface area contributed by atoms with Crippen molar-refractivity contribution < 1.29 is 9.90 Å². The zero-order valence-electron chi connectivity index (χ0n) is 18.9. The van der Waals surface area contributed by atoms with Gasteiger partial charge in [-0.05, 0) is 50.5 Å². The molecular formula is C26H32N4O2. The molecule has 2 aromatic carbocycles. The highest BCUT2D eigenvalue weighted by Crippen LogP contribution is 2.25. The summed E-state index contributed by atoms with van der Waals surface area (Å²) in [5.74, 6) is 0.329. The third-order valence-corrected chi connectivity index (χ3v) is 5.39. The number of carbonyl (C=O) groups excluding carboxylic acids is 1. The molecule has 0 radical (unpaired) electrons. The molecular weight excluding hydrogens is 400 g/mol. The van der Waals surface area contributed by atoms with Crippen LogP contribution in [0.25, 0.3) is 0 Å². The summed E-state index contributed by atoms with van der Waals surface area (Å²) < 4.78 is 0. The first-order chi connectivity index (χ1) is 15.4. The Bertz CT molecular complexity index is 1000. The van der Waals surface area contributed by atoms with Gasteiger partial charge in [0, 0.05) is 24.8 Å². The third-order valence-electron chi connectivity index (χ3n) is 5.39. The molecule has 4 N–H and O–H groups in total. The van der Waals surface area contributed by atoms with E-state index >= 15 is 0 Å². The van der Waals surface area contributed by atoms with E-state index in [1.807, 2.05) is 12.1 Å². The number of aryl methyl sites for hydroxylation is 2. The predicted molar refractivity (Wildman–Crippen MR) is 130 cm³/mol. The number of carbonyl (C=O) groups is 1. The molecule has 1 unspecified atom stereocenters. The van der Waals surface area contributed by atoms with Gasteiger partial charge in [-0.3, -0.25) is 4.79 Å². The molecule has 0 spiro atoms. The van der Waals surface area contributed by atoms with E-state index in [0.29, 0.717) is 13.0 Å². The number of hydrogen-bond acceptors (Lipinski definition) is 5. The normalized spacial score (nSPS) is 12.6. The highest BCUT2D eigenvalue weighted by Gasteiger charge is 2.15. The molecule has 0 aliphatic rings. The van der Waals surface area contributed by atoms with E-state index in [2.05, 4.69) is 90.2 Å². The number of pyridine rings is 1. The first-order valence-corrected chi connectivity index (χ1v) is 10.9. The maximum Gasteiger partial charge on any atom is 0.245 e. The minimum Gasteiger partial charge on any atom is -0.387 e. The quantitative estimate of drug-likeness (QED) is 0.389. The monoisotopic (exact) mass is 432 g/mol. The van der Waals surface area contributed by atoms with Crippen molar-refractivity contribution in [1.82, 2.24) is 10.3 Å². The standard InChI is InChI=1S/C26H32N4O2/c1-18-6-10-21(11-7-18)15-23(16-28-25(32)17-31)30-26-24(5-4-14-27-26)29-20(3)22-12-8-19(2)9-13-22/h4-14,20,23,29,31H,15-17H2,1-3H3,(H,27,30)(H,28,32)/t20?,23-/m0/s1. The van der Waals surface area contributed by atoms with Crippen LogP contribution in [0.3, 0.4) is 0 Å². The van der Waals surface area contributed by atoms with Crippen LogP contribution >= 0.6 is 0 Å². The summed E-state index contributed by atoms with van der Waals surface area (Å²) in [5, 5.41) is 18.9. The molecule has 3 aromatic rings. The number of aliphatic hydroxyl groups is 1. The van der Waals surface area contributed by atoms with E-state index in [1.165, 1.54) is 16.7 Å². The van der Waals surface area contributed by atoms with Crippen molar-refractivity contribution in [1.29, 1.82) is 0 Å². The van der Waals surface area contributed by atoms with Crippen LogP contribution in [0.2, 0.25) is 0 Å². The average molecular weight is 433 g/mol. The lowest BCUT2D eigenvalue weighted by atomic mass is 10.0. The van der Waals surface area contributed by atoms with Crippen molar-refractivity contribution in [2.45, 2.75) is 39.3 Å². The number of anilines is 2. The molecule has 1 aromatic heterocycles. The molecule has 0 aliphatic carbocycles. The molecule has 6 heteroatoms. The van der Waals surface area contributed by atoms with E-state index in [0.717, 1.165) is 17.1 Å². The van der Waals surface area contributed by atoms with Gasteiger partial charge in [-0.1, -0.05) is 59.7 Å². The molecule has 32 heavy (non-hydrogen) atoms. The van der Waals surface area contributed by atoms with Gasteiger partial charge in [0.2, 0.25) is 5.91 Å². The number of aromatic nitrogens is 1. The van der Waals surface area contributed by atoms with Gasteiger partial charge in [0.25, 0.3) is 0 Å². The summed E-state index contributed by atoms with van der Waals surface area (Å²) in [7, 11) is 0. The summed E-state index contributed by atoms with van der Waals surface area (Å²) in [4.78, 5) is 16.2. The Kier molecular flexibility index (Phi) is 8.22. The van der Waals surface area contributed by atoms with Gasteiger partial charge in [0.1, 0.15) is 12.4 Å². The van der Waals surface area contributed by atoms with Crippen molar-refractivity contribution in [3.63, 3.8) is 0 Å². The van der Waals surface area contributed by atoms with Crippen LogP contribution in [-0.2, 0) is 11.2 Å². The third kappa shape index (κ3) is 6.82. The van der Waals surface area contributed by atoms with Gasteiger partial charge >= 0.3 is 0 Å². The lowest BCUT2D eigenvalue weighted by molar-refractivity contribution is -0.123. The van der Waals surface area contributed by atoms with Gasteiger partial charge in [-0.25, -0.2) is 4.98 Å². The summed E-state index contributed by atoms with van der Waals surface area (Å²) in [6.07, 6.45) is 2.45. The largest absolute Gasteiger partial charge is 0.387 e. The molecule has 0 aliphatic heterocycles. The van der Waals surface area contributed by atoms with Crippen molar-refractivity contribution >= 4 is 17.4 Å². The first-order valence-electron chi connectivity index (χ1n) is 10.9. The number of amides is 1. The minimum atomic E-state index is -0.526. The highest BCUT2D eigenvalue weighted by molar-refractivity contribution is 5.77. The smallest absolute Gasteiger partial charge is 0.245 e. The lowest BCUT2D eigenvalue weighted by Gasteiger charge is -2.23. The Balaban J connectivity index is 1.76. The van der Waals surface area contributed by atoms with Gasteiger partial charge in [-0.2, -0.15) is 0 Å². The Morgan fingerprint density at radius 1 is 0.969 bits per heavy atom. The maximum atomic E-state index is 11.6. The SMILES string of the molecule is Cc1ccc(C[C@@H](CNC(=O)CO)Nc2ncccc2NC(C)c2ccc(C)cc2)cc1. The average Bonchev–Trinajstić information content (AvgIpc) is 2.80. The van der Waals surface area contributed by atoms with Crippen LogP contribution in [0.5, 0.6) is 0 Å². The van der Waals surface area contributed by atoms with Crippen LogP contribution in [-0.4, -0.2) is 35.2 Å². The van der Waals surface area contributed by atoms with E-state index in [-0.39, 0.29) is 12.1 Å². The number of hydrogen-bond donors (Lipinski definition) is 4. The fraction of sp³-hybridized carbons (Fsp3) is 0.308. The van der Waals surface area contributed by atoms with Crippen LogP contribution in [0.4, 0.5) is 11.5 Å². The van der Waals surface area contributed by atoms with Crippen molar-refractivity contribution in [2.24, 2.45) is 0 Å². The van der Waals surface area contributed by atoms with Crippen LogP contribution in [0.1, 0.15) is 35.2 Å². The zero-order chi connectivity index (χ0) is 22.9. The van der Waals surface area contributed by atoms with E-state index < -0.39 is 12.5 Å².